The largest absolute Gasteiger partial charge is 0.312 e. The van der Waals surface area contributed by atoms with E-state index >= 15 is 0 Å². The van der Waals surface area contributed by atoms with Gasteiger partial charge in [0.15, 0.2) is 0 Å². The molecule has 1 N–H and O–H groups in total. The summed E-state index contributed by atoms with van der Waals surface area (Å²) in [6.07, 6.45) is 0. The van der Waals surface area contributed by atoms with Crippen molar-refractivity contribution < 1.29 is 4.39 Å². The number of hydrogen-bond donors (Lipinski definition) is 1. The van der Waals surface area contributed by atoms with Gasteiger partial charge in [0.05, 0.1) is 9.92 Å². The normalized spacial score (nSPS) is 11.1. The van der Waals surface area contributed by atoms with Crippen LogP contribution in [0.25, 0.3) is 0 Å². The van der Waals surface area contributed by atoms with Crippen molar-refractivity contribution in [3.05, 3.63) is 58.9 Å². The molecule has 0 atom stereocenters. The van der Waals surface area contributed by atoms with Gasteiger partial charge in [-0.05, 0) is 36.2 Å². The van der Waals surface area contributed by atoms with Crippen molar-refractivity contribution >= 4 is 23.4 Å². The summed E-state index contributed by atoms with van der Waals surface area (Å²) in [6.45, 7) is 5.87. The molecule has 21 heavy (non-hydrogen) atoms. The van der Waals surface area contributed by atoms with Crippen LogP contribution in [0.1, 0.15) is 19.4 Å². The van der Waals surface area contributed by atoms with Gasteiger partial charge in [0.25, 0.3) is 0 Å². The Morgan fingerprint density at radius 2 is 1.90 bits per heavy atom. The number of hydrogen-bond acceptors (Lipinski definition) is 2. The molecule has 1 nitrogen and oxygen atoms in total. The van der Waals surface area contributed by atoms with E-state index in [1.807, 2.05) is 30.3 Å². The maximum Gasteiger partial charge on any atom is 0.137 e. The maximum atomic E-state index is 14.2. The van der Waals surface area contributed by atoms with Crippen LogP contribution in [0.3, 0.4) is 0 Å². The van der Waals surface area contributed by atoms with E-state index in [9.17, 15) is 4.39 Å². The lowest BCUT2D eigenvalue weighted by molar-refractivity contribution is 0.543. The molecule has 0 aromatic heterocycles. The molecular weight excluding hydrogens is 305 g/mol. The van der Waals surface area contributed by atoms with Crippen molar-refractivity contribution in [1.29, 1.82) is 0 Å². The van der Waals surface area contributed by atoms with Crippen molar-refractivity contribution in [3.8, 4) is 0 Å². The minimum Gasteiger partial charge on any atom is -0.312 e. The molecule has 0 saturated carbocycles. The Bertz CT molecular complexity index is 601. The fourth-order valence-electron chi connectivity index (χ4n) is 1.94. The Kier molecular flexibility index (Phi) is 6.09. The average molecular weight is 324 g/mol. The van der Waals surface area contributed by atoms with E-state index < -0.39 is 0 Å². The zero-order chi connectivity index (χ0) is 15.2. The predicted octanol–water partition coefficient (Wildman–Crippen LogP) is 5.38. The molecule has 0 unspecified atom stereocenters. The Labute approximate surface area is 134 Å². The van der Waals surface area contributed by atoms with E-state index in [4.69, 9.17) is 11.6 Å². The molecule has 0 aliphatic carbocycles. The zero-order valence-electron chi connectivity index (χ0n) is 12.2. The van der Waals surface area contributed by atoms with Crippen molar-refractivity contribution in [3.63, 3.8) is 0 Å². The number of benzene rings is 2. The van der Waals surface area contributed by atoms with Gasteiger partial charge in [0.2, 0.25) is 0 Å². The zero-order valence-corrected chi connectivity index (χ0v) is 13.8. The molecule has 112 valence electrons. The van der Waals surface area contributed by atoms with E-state index in [0.29, 0.717) is 22.4 Å². The van der Waals surface area contributed by atoms with Crippen LogP contribution in [0.15, 0.2) is 52.3 Å². The van der Waals surface area contributed by atoms with Gasteiger partial charge in [0, 0.05) is 11.4 Å². The standard InChI is InChI=1S/C17H19ClFNS/c1-12(2)10-20-11-13-6-5-8-15(19)17(13)21-16-9-4-3-7-14(16)18/h3-9,12,20H,10-11H2,1-2H3. The molecule has 0 fully saturated rings. The van der Waals surface area contributed by atoms with Crippen LogP contribution in [0.4, 0.5) is 4.39 Å². The third-order valence-corrected chi connectivity index (χ3v) is 4.64. The molecule has 2 rings (SSSR count). The van der Waals surface area contributed by atoms with E-state index in [0.717, 1.165) is 17.0 Å². The van der Waals surface area contributed by atoms with Crippen molar-refractivity contribution in [2.75, 3.05) is 6.54 Å². The lowest BCUT2D eigenvalue weighted by Gasteiger charge is -2.13. The highest BCUT2D eigenvalue weighted by atomic mass is 35.5. The Morgan fingerprint density at radius 3 is 2.62 bits per heavy atom. The highest BCUT2D eigenvalue weighted by Crippen LogP contribution is 2.36. The van der Waals surface area contributed by atoms with Crippen LogP contribution in [-0.2, 0) is 6.54 Å². The summed E-state index contributed by atoms with van der Waals surface area (Å²) in [4.78, 5) is 1.51. The van der Waals surface area contributed by atoms with Crippen molar-refractivity contribution in [2.24, 2.45) is 5.92 Å². The lowest BCUT2D eigenvalue weighted by Crippen LogP contribution is -2.19. The van der Waals surface area contributed by atoms with Gasteiger partial charge in [0.1, 0.15) is 5.82 Å². The second-order valence-electron chi connectivity index (χ2n) is 5.29. The molecule has 0 spiro atoms. The molecule has 0 saturated heterocycles. The van der Waals surface area contributed by atoms with E-state index in [1.54, 1.807) is 6.07 Å². The summed E-state index contributed by atoms with van der Waals surface area (Å²) in [5.41, 5.74) is 0.959. The van der Waals surface area contributed by atoms with Crippen LogP contribution in [0.5, 0.6) is 0 Å². The predicted molar refractivity (Wildman–Crippen MR) is 88.5 cm³/mol. The van der Waals surface area contributed by atoms with Gasteiger partial charge in [-0.15, -0.1) is 0 Å². The van der Waals surface area contributed by atoms with Gasteiger partial charge in [-0.25, -0.2) is 4.39 Å². The van der Waals surface area contributed by atoms with Crippen LogP contribution >= 0.6 is 23.4 Å². The molecular formula is C17H19ClFNS. The summed E-state index contributed by atoms with van der Waals surface area (Å²) in [7, 11) is 0. The summed E-state index contributed by atoms with van der Waals surface area (Å²) < 4.78 is 14.2. The van der Waals surface area contributed by atoms with Crippen molar-refractivity contribution in [2.45, 2.75) is 30.2 Å². The van der Waals surface area contributed by atoms with E-state index in [1.165, 1.54) is 17.8 Å². The Hall–Kier alpha value is -1.03. The monoisotopic (exact) mass is 323 g/mol. The fraction of sp³-hybridized carbons (Fsp3) is 0.294. The third kappa shape index (κ3) is 4.73. The first-order valence-corrected chi connectivity index (χ1v) is 8.18. The molecule has 0 aliphatic rings. The summed E-state index contributed by atoms with van der Waals surface area (Å²) >= 11 is 7.55. The van der Waals surface area contributed by atoms with Gasteiger partial charge in [-0.3, -0.25) is 0 Å². The van der Waals surface area contributed by atoms with E-state index in [-0.39, 0.29) is 5.82 Å². The fourth-order valence-corrected chi connectivity index (χ4v) is 3.16. The van der Waals surface area contributed by atoms with Crippen molar-refractivity contribution in [1.82, 2.24) is 5.32 Å². The minimum absolute atomic E-state index is 0.205. The van der Waals surface area contributed by atoms with Crippen LogP contribution in [0, 0.1) is 11.7 Å². The maximum absolute atomic E-state index is 14.2. The number of nitrogens with one attached hydrogen (secondary N) is 1. The van der Waals surface area contributed by atoms with Crippen LogP contribution in [0.2, 0.25) is 5.02 Å². The highest BCUT2D eigenvalue weighted by molar-refractivity contribution is 7.99. The smallest absolute Gasteiger partial charge is 0.137 e. The molecule has 0 bridgehead atoms. The molecule has 2 aromatic carbocycles. The molecule has 2 aromatic rings. The molecule has 0 radical (unpaired) electrons. The number of halogens is 2. The van der Waals surface area contributed by atoms with Gasteiger partial charge < -0.3 is 5.32 Å². The van der Waals surface area contributed by atoms with Gasteiger partial charge in [-0.2, -0.15) is 0 Å². The molecule has 0 amide bonds. The first-order chi connectivity index (χ1) is 10.1. The molecule has 0 aliphatic heterocycles. The molecule has 4 heteroatoms. The number of rotatable bonds is 6. The summed E-state index contributed by atoms with van der Waals surface area (Å²) in [6, 6.07) is 12.7. The second kappa shape index (κ2) is 7.83. The quantitative estimate of drug-likeness (QED) is 0.766. The third-order valence-electron chi connectivity index (χ3n) is 2.97. The Morgan fingerprint density at radius 1 is 1.14 bits per heavy atom. The van der Waals surface area contributed by atoms with Gasteiger partial charge in [-0.1, -0.05) is 61.5 Å². The van der Waals surface area contributed by atoms with Crippen LogP contribution in [-0.4, -0.2) is 6.54 Å². The first-order valence-electron chi connectivity index (χ1n) is 6.98. The average Bonchev–Trinajstić information content (AvgIpc) is 2.44. The minimum atomic E-state index is -0.205. The topological polar surface area (TPSA) is 12.0 Å². The summed E-state index contributed by atoms with van der Waals surface area (Å²) in [5.74, 6) is 0.363. The lowest BCUT2D eigenvalue weighted by atomic mass is 10.2. The molecule has 0 heterocycles. The SMILES string of the molecule is CC(C)CNCc1cccc(F)c1Sc1ccccc1Cl. The highest BCUT2D eigenvalue weighted by Gasteiger charge is 2.11. The van der Waals surface area contributed by atoms with Crippen LogP contribution < -0.4 is 5.32 Å². The first kappa shape index (κ1) is 16.3. The second-order valence-corrected chi connectivity index (χ2v) is 6.74. The summed E-state index contributed by atoms with van der Waals surface area (Å²) in [5, 5.41) is 4.00. The van der Waals surface area contributed by atoms with E-state index in [2.05, 4.69) is 19.2 Å². The Balaban J connectivity index is 2.20. The van der Waals surface area contributed by atoms with Gasteiger partial charge >= 0.3 is 0 Å².